The van der Waals surface area contributed by atoms with Crippen molar-refractivity contribution in [3.05, 3.63) is 53.1 Å². The number of carboxylic acid groups (broad SMARTS) is 1. The van der Waals surface area contributed by atoms with Crippen molar-refractivity contribution in [1.29, 1.82) is 0 Å². The number of hydrogen-bond acceptors (Lipinski definition) is 4. The Bertz CT molecular complexity index is 788. The summed E-state index contributed by atoms with van der Waals surface area (Å²) >= 11 is 7.08. The minimum absolute atomic E-state index is 0.0165. The fourth-order valence-electron chi connectivity index (χ4n) is 1.57. The van der Waals surface area contributed by atoms with Crippen LogP contribution in [0.2, 0.25) is 5.02 Å². The van der Waals surface area contributed by atoms with E-state index >= 15 is 0 Å². The van der Waals surface area contributed by atoms with E-state index < -0.39 is 16.0 Å². The first-order valence-corrected chi connectivity index (χ1v) is 8.35. The van der Waals surface area contributed by atoms with E-state index in [9.17, 15) is 13.2 Å². The third kappa shape index (κ3) is 3.98. The number of rotatable bonds is 4. The second-order valence-electron chi connectivity index (χ2n) is 4.07. The van der Waals surface area contributed by atoms with E-state index in [-0.39, 0.29) is 15.5 Å². The van der Waals surface area contributed by atoms with Crippen molar-refractivity contribution in [3.63, 3.8) is 0 Å². The van der Waals surface area contributed by atoms with E-state index in [4.69, 9.17) is 21.8 Å². The number of primary sulfonamides is 1. The van der Waals surface area contributed by atoms with E-state index in [2.05, 4.69) is 0 Å². The molecule has 3 N–H and O–H groups in total. The molecule has 2 rings (SSSR count). The summed E-state index contributed by atoms with van der Waals surface area (Å²) in [4.78, 5) is 12.5. The van der Waals surface area contributed by atoms with Gasteiger partial charge in [0.05, 0.1) is 15.5 Å². The molecule has 0 aliphatic heterocycles. The highest BCUT2D eigenvalue weighted by atomic mass is 35.5. The highest BCUT2D eigenvalue weighted by Gasteiger charge is 2.11. The Hall–Kier alpha value is -1.54. The Labute approximate surface area is 130 Å². The number of sulfonamides is 1. The van der Waals surface area contributed by atoms with E-state index in [1.807, 2.05) is 0 Å². The summed E-state index contributed by atoms with van der Waals surface area (Å²) in [5.74, 6) is -1.10. The van der Waals surface area contributed by atoms with Gasteiger partial charge in [-0.3, -0.25) is 0 Å². The Morgan fingerprint density at radius 1 is 1.10 bits per heavy atom. The third-order valence-electron chi connectivity index (χ3n) is 2.56. The van der Waals surface area contributed by atoms with Crippen molar-refractivity contribution in [2.24, 2.45) is 5.14 Å². The quantitative estimate of drug-likeness (QED) is 0.889. The molecule has 0 saturated carbocycles. The van der Waals surface area contributed by atoms with Crippen LogP contribution < -0.4 is 5.14 Å². The van der Waals surface area contributed by atoms with Crippen LogP contribution in [0.15, 0.2) is 57.2 Å². The summed E-state index contributed by atoms with van der Waals surface area (Å²) in [5, 5.41) is 14.2. The van der Waals surface area contributed by atoms with Crippen LogP contribution >= 0.6 is 23.4 Å². The van der Waals surface area contributed by atoms with Crippen LogP contribution in [0.5, 0.6) is 0 Å². The van der Waals surface area contributed by atoms with Gasteiger partial charge in [0.25, 0.3) is 0 Å². The number of carbonyl (C=O) groups is 1. The molecule has 0 aliphatic rings. The first-order chi connectivity index (χ1) is 9.77. The van der Waals surface area contributed by atoms with E-state index in [0.717, 1.165) is 4.90 Å². The smallest absolute Gasteiger partial charge is 0.337 e. The molecular weight excluding hydrogens is 334 g/mol. The molecule has 0 fully saturated rings. The largest absolute Gasteiger partial charge is 0.478 e. The zero-order valence-corrected chi connectivity index (χ0v) is 12.9. The van der Waals surface area contributed by atoms with Gasteiger partial charge in [0.2, 0.25) is 10.0 Å². The van der Waals surface area contributed by atoms with Crippen LogP contribution in [-0.4, -0.2) is 19.5 Å². The molecule has 0 spiro atoms. The lowest BCUT2D eigenvalue weighted by molar-refractivity contribution is 0.0697. The van der Waals surface area contributed by atoms with Crippen molar-refractivity contribution < 1.29 is 18.3 Å². The van der Waals surface area contributed by atoms with Crippen LogP contribution in [0.1, 0.15) is 10.4 Å². The number of hydrogen-bond donors (Lipinski definition) is 2. The highest BCUT2D eigenvalue weighted by molar-refractivity contribution is 7.99. The van der Waals surface area contributed by atoms with Gasteiger partial charge < -0.3 is 5.11 Å². The highest BCUT2D eigenvalue weighted by Crippen LogP contribution is 2.31. The summed E-state index contributed by atoms with van der Waals surface area (Å²) in [7, 11) is -3.72. The Balaban J connectivity index is 2.26. The fraction of sp³-hybridized carbons (Fsp3) is 0. The summed E-state index contributed by atoms with van der Waals surface area (Å²) in [6, 6.07) is 10.6. The van der Waals surface area contributed by atoms with Crippen LogP contribution in [0.4, 0.5) is 0 Å². The number of aromatic carboxylic acids is 1. The molecule has 0 bridgehead atoms. The van der Waals surface area contributed by atoms with Crippen LogP contribution in [-0.2, 0) is 10.0 Å². The number of nitrogens with two attached hydrogens (primary N) is 1. The Morgan fingerprint density at radius 2 is 1.67 bits per heavy atom. The molecule has 21 heavy (non-hydrogen) atoms. The molecule has 110 valence electrons. The maximum atomic E-state index is 11.2. The van der Waals surface area contributed by atoms with Gasteiger partial charge in [-0.1, -0.05) is 23.4 Å². The minimum atomic E-state index is -3.72. The average Bonchev–Trinajstić information content (AvgIpc) is 2.40. The van der Waals surface area contributed by atoms with Crippen LogP contribution in [0.25, 0.3) is 0 Å². The van der Waals surface area contributed by atoms with Gasteiger partial charge in [0.15, 0.2) is 0 Å². The molecule has 0 unspecified atom stereocenters. The monoisotopic (exact) mass is 343 g/mol. The van der Waals surface area contributed by atoms with Gasteiger partial charge in [0, 0.05) is 9.79 Å². The molecule has 0 aliphatic carbocycles. The van der Waals surface area contributed by atoms with Crippen LogP contribution in [0.3, 0.4) is 0 Å². The molecule has 0 radical (unpaired) electrons. The van der Waals surface area contributed by atoms with Crippen LogP contribution in [0, 0.1) is 0 Å². The first kappa shape index (κ1) is 15.8. The lowest BCUT2D eigenvalue weighted by atomic mass is 10.2. The molecule has 0 heterocycles. The summed E-state index contributed by atoms with van der Waals surface area (Å²) in [6.45, 7) is 0. The predicted octanol–water partition coefficient (Wildman–Crippen LogP) is 2.84. The number of carboxylic acids is 1. The summed E-state index contributed by atoms with van der Waals surface area (Å²) in [6.07, 6.45) is 0. The Morgan fingerprint density at radius 3 is 2.19 bits per heavy atom. The third-order valence-corrected chi connectivity index (χ3v) is 4.81. The first-order valence-electron chi connectivity index (χ1n) is 5.61. The standard InChI is InChI=1S/C13H10ClNO4S2/c14-12-6-3-9(7-11(12)13(16)17)20-8-1-4-10(5-2-8)21(15,18)19/h1-7H,(H,16,17)(H2,15,18,19). The fourth-order valence-corrected chi connectivity index (χ4v) is 3.14. The van der Waals surface area contributed by atoms with Crippen molar-refractivity contribution in [3.8, 4) is 0 Å². The predicted molar refractivity (Wildman–Crippen MR) is 80.3 cm³/mol. The summed E-state index contributed by atoms with van der Waals surface area (Å²) < 4.78 is 22.3. The van der Waals surface area contributed by atoms with Gasteiger partial charge >= 0.3 is 5.97 Å². The molecule has 5 nitrogen and oxygen atoms in total. The zero-order chi connectivity index (χ0) is 15.6. The van der Waals surface area contributed by atoms with Gasteiger partial charge in [-0.05, 0) is 42.5 Å². The van der Waals surface area contributed by atoms with Gasteiger partial charge in [-0.15, -0.1) is 0 Å². The van der Waals surface area contributed by atoms with Gasteiger partial charge in [0.1, 0.15) is 0 Å². The maximum absolute atomic E-state index is 11.2. The lowest BCUT2D eigenvalue weighted by Gasteiger charge is -2.05. The molecular formula is C13H10ClNO4S2. The molecule has 8 heteroatoms. The molecule has 0 saturated heterocycles. The SMILES string of the molecule is NS(=O)(=O)c1ccc(Sc2ccc(Cl)c(C(=O)O)c2)cc1. The van der Waals surface area contributed by atoms with E-state index in [1.54, 1.807) is 18.2 Å². The number of benzene rings is 2. The van der Waals surface area contributed by atoms with Crippen molar-refractivity contribution >= 4 is 39.4 Å². The lowest BCUT2D eigenvalue weighted by Crippen LogP contribution is -2.11. The van der Waals surface area contributed by atoms with Crippen molar-refractivity contribution in [2.45, 2.75) is 14.7 Å². The topological polar surface area (TPSA) is 97.5 Å². The zero-order valence-electron chi connectivity index (χ0n) is 10.5. The summed E-state index contributed by atoms with van der Waals surface area (Å²) in [5.41, 5.74) is 0.0165. The average molecular weight is 344 g/mol. The molecule has 0 aromatic heterocycles. The molecule has 0 atom stereocenters. The van der Waals surface area contributed by atoms with Gasteiger partial charge in [-0.2, -0.15) is 0 Å². The van der Waals surface area contributed by atoms with Crippen molar-refractivity contribution in [1.82, 2.24) is 0 Å². The van der Waals surface area contributed by atoms with E-state index in [0.29, 0.717) is 4.90 Å². The molecule has 2 aromatic carbocycles. The second-order valence-corrected chi connectivity index (χ2v) is 7.18. The number of halogens is 1. The molecule has 2 aromatic rings. The van der Waals surface area contributed by atoms with Crippen molar-refractivity contribution in [2.75, 3.05) is 0 Å². The van der Waals surface area contributed by atoms with Gasteiger partial charge in [-0.25, -0.2) is 18.4 Å². The second kappa shape index (κ2) is 6.07. The Kier molecular flexibility index (Phi) is 4.58. The molecule has 0 amide bonds. The maximum Gasteiger partial charge on any atom is 0.337 e. The van der Waals surface area contributed by atoms with E-state index in [1.165, 1.54) is 36.0 Å². The normalized spacial score (nSPS) is 11.3. The minimum Gasteiger partial charge on any atom is -0.478 e.